The van der Waals surface area contributed by atoms with Crippen molar-refractivity contribution in [1.29, 1.82) is 0 Å². The molecule has 4 rings (SSSR count). The molecule has 3 heterocycles. The Bertz CT molecular complexity index is 1440. The average Bonchev–Trinajstić information content (AvgIpc) is 3.27. The fourth-order valence-corrected chi connectivity index (χ4v) is 4.33. The number of benzene rings is 1. The number of nitrogens with zero attached hydrogens (tertiary/aromatic N) is 5. The predicted octanol–water partition coefficient (Wildman–Crippen LogP) is 2.81. The number of carbonyl (C=O) groups excluding carboxylic acids is 1. The molecule has 0 atom stereocenters. The largest absolute Gasteiger partial charge is 0.287 e. The van der Waals surface area contributed by atoms with Gasteiger partial charge in [0, 0.05) is 18.0 Å². The van der Waals surface area contributed by atoms with Gasteiger partial charge in [-0.1, -0.05) is 24.1 Å². The van der Waals surface area contributed by atoms with Gasteiger partial charge in [0.15, 0.2) is 5.65 Å². The van der Waals surface area contributed by atoms with Crippen LogP contribution in [0, 0.1) is 12.3 Å². The Morgan fingerprint density at radius 2 is 1.97 bits per heavy atom. The maximum atomic E-state index is 12.9. The van der Waals surface area contributed by atoms with Crippen molar-refractivity contribution in [3.05, 3.63) is 78.4 Å². The Morgan fingerprint density at radius 3 is 2.69 bits per heavy atom. The molecule has 0 spiro atoms. The summed E-state index contributed by atoms with van der Waals surface area (Å²) < 4.78 is 27.8. The number of hydrogen-bond donors (Lipinski definition) is 0. The van der Waals surface area contributed by atoms with Crippen LogP contribution in [0.15, 0.2) is 67.1 Å². The molecule has 1 aromatic carbocycles. The molecule has 0 fully saturated rings. The first kappa shape index (κ1) is 21.2. The minimum absolute atomic E-state index is 0.0729. The zero-order valence-electron chi connectivity index (χ0n) is 17.2. The van der Waals surface area contributed by atoms with Gasteiger partial charge in [0.25, 0.3) is 0 Å². The van der Waals surface area contributed by atoms with Crippen LogP contribution in [0.2, 0.25) is 0 Å². The quantitative estimate of drug-likeness (QED) is 0.321. The van der Waals surface area contributed by atoms with Gasteiger partial charge in [-0.05, 0) is 37.3 Å². The molecule has 0 N–H and O–H groups in total. The van der Waals surface area contributed by atoms with E-state index in [1.165, 1.54) is 10.5 Å². The van der Waals surface area contributed by atoms with Gasteiger partial charge in [0.1, 0.15) is 5.69 Å². The molecule has 9 heteroatoms. The van der Waals surface area contributed by atoms with Gasteiger partial charge in [0.05, 0.1) is 35.4 Å². The van der Waals surface area contributed by atoms with E-state index >= 15 is 0 Å². The van der Waals surface area contributed by atoms with E-state index in [2.05, 4.69) is 21.0 Å². The highest BCUT2D eigenvalue weighted by molar-refractivity contribution is 7.92. The van der Waals surface area contributed by atoms with Crippen LogP contribution in [0.1, 0.15) is 23.0 Å². The molecule has 0 bridgehead atoms. The number of pyridine rings is 1. The van der Waals surface area contributed by atoms with Gasteiger partial charge in [0.2, 0.25) is 15.8 Å². The van der Waals surface area contributed by atoms with E-state index in [0.29, 0.717) is 33.8 Å². The lowest BCUT2D eigenvalue weighted by Gasteiger charge is -2.22. The third-order valence-electron chi connectivity index (χ3n) is 4.91. The van der Waals surface area contributed by atoms with E-state index in [0.717, 1.165) is 0 Å². The van der Waals surface area contributed by atoms with E-state index in [9.17, 15) is 13.2 Å². The summed E-state index contributed by atoms with van der Waals surface area (Å²) in [7, 11) is -3.55. The fourth-order valence-electron chi connectivity index (χ4n) is 3.31. The Morgan fingerprint density at radius 1 is 1.12 bits per heavy atom. The van der Waals surface area contributed by atoms with Gasteiger partial charge < -0.3 is 0 Å². The van der Waals surface area contributed by atoms with E-state index in [1.807, 2.05) is 6.07 Å². The van der Waals surface area contributed by atoms with Crippen LogP contribution in [0.3, 0.4) is 0 Å². The molecule has 0 saturated carbocycles. The number of aromatic nitrogens is 4. The number of fused-ring (bicyclic) bond motifs is 1. The van der Waals surface area contributed by atoms with E-state index in [4.69, 9.17) is 6.42 Å². The molecule has 0 amide bonds. The van der Waals surface area contributed by atoms with Crippen molar-refractivity contribution < 1.29 is 13.2 Å². The molecule has 160 valence electrons. The first-order chi connectivity index (χ1) is 15.5. The lowest BCUT2D eigenvalue weighted by Crippen LogP contribution is -2.32. The molecule has 0 aliphatic rings. The van der Waals surface area contributed by atoms with Gasteiger partial charge >= 0.3 is 0 Å². The third kappa shape index (κ3) is 3.84. The average molecular weight is 446 g/mol. The highest BCUT2D eigenvalue weighted by Gasteiger charge is 2.21. The monoisotopic (exact) mass is 445 g/mol. The summed E-state index contributed by atoms with van der Waals surface area (Å²) in [5.41, 5.74) is 2.79. The molecule has 0 saturated heterocycles. The first-order valence-corrected chi connectivity index (χ1v) is 11.4. The summed E-state index contributed by atoms with van der Waals surface area (Å²) in [6.45, 7) is 1.49. The molecule has 8 nitrogen and oxygen atoms in total. The summed E-state index contributed by atoms with van der Waals surface area (Å²) in [4.78, 5) is 21.3. The second-order valence-corrected chi connectivity index (χ2v) is 9.01. The number of hydrogen-bond acceptors (Lipinski definition) is 6. The van der Waals surface area contributed by atoms with Crippen molar-refractivity contribution in [2.75, 3.05) is 16.6 Å². The van der Waals surface area contributed by atoms with Crippen molar-refractivity contribution in [2.45, 2.75) is 6.92 Å². The molecule has 0 radical (unpaired) electrons. The standard InChI is InChI=1S/C23H19N5O3S/c1-3-14-27(32(30,31)4-2)18-9-7-8-17(15-18)21-11-13-25-23-19(16-26-28(21)23)22(29)20-10-5-6-12-24-20/h1,5-13,15-16H,4,14H2,2H3. The summed E-state index contributed by atoms with van der Waals surface area (Å²) in [5, 5.41) is 4.36. The second kappa shape index (κ2) is 8.61. The molecular weight excluding hydrogens is 426 g/mol. The SMILES string of the molecule is C#CCN(c1cccc(-c2ccnc3c(C(=O)c4ccccn4)cnn23)c1)S(=O)(=O)CC. The number of carbonyl (C=O) groups is 1. The van der Waals surface area contributed by atoms with E-state index < -0.39 is 10.0 Å². The summed E-state index contributed by atoms with van der Waals surface area (Å²) in [5.74, 6) is 2.05. The Kier molecular flexibility index (Phi) is 5.71. The first-order valence-electron chi connectivity index (χ1n) is 9.79. The molecule has 0 unspecified atom stereocenters. The smallest absolute Gasteiger partial charge is 0.235 e. The Labute approximate surface area is 185 Å². The van der Waals surface area contributed by atoms with Gasteiger partial charge in [-0.25, -0.2) is 17.9 Å². The van der Waals surface area contributed by atoms with Crippen molar-refractivity contribution in [3.63, 3.8) is 0 Å². The third-order valence-corrected chi connectivity index (χ3v) is 6.65. The molecule has 4 aromatic rings. The minimum Gasteiger partial charge on any atom is -0.287 e. The number of rotatable bonds is 7. The van der Waals surface area contributed by atoms with Crippen LogP contribution in [0.5, 0.6) is 0 Å². The maximum Gasteiger partial charge on any atom is 0.235 e. The molecule has 0 aliphatic heterocycles. The van der Waals surface area contributed by atoms with Crippen LogP contribution in [-0.2, 0) is 10.0 Å². The molecular formula is C23H19N5O3S. The summed E-state index contributed by atoms with van der Waals surface area (Å²) >= 11 is 0. The Balaban J connectivity index is 1.80. The topological polar surface area (TPSA) is 97.5 Å². The number of ketones is 1. The van der Waals surface area contributed by atoms with Crippen molar-refractivity contribution in [2.24, 2.45) is 0 Å². The number of anilines is 1. The van der Waals surface area contributed by atoms with E-state index in [-0.39, 0.29) is 18.1 Å². The zero-order valence-corrected chi connectivity index (χ0v) is 18.0. The van der Waals surface area contributed by atoms with Gasteiger partial charge in [-0.3, -0.25) is 14.1 Å². The van der Waals surface area contributed by atoms with Crippen molar-refractivity contribution in [1.82, 2.24) is 19.6 Å². The van der Waals surface area contributed by atoms with Crippen LogP contribution in [0.4, 0.5) is 5.69 Å². The zero-order chi connectivity index (χ0) is 22.7. The van der Waals surface area contributed by atoms with Crippen LogP contribution in [-0.4, -0.2) is 46.1 Å². The fraction of sp³-hybridized carbons (Fsp3) is 0.130. The molecule has 3 aromatic heterocycles. The summed E-state index contributed by atoms with van der Waals surface area (Å²) in [6, 6.07) is 13.8. The van der Waals surface area contributed by atoms with Crippen LogP contribution in [0.25, 0.3) is 16.9 Å². The second-order valence-electron chi connectivity index (χ2n) is 6.83. The van der Waals surface area contributed by atoms with E-state index in [1.54, 1.807) is 66.3 Å². The minimum atomic E-state index is -3.55. The van der Waals surface area contributed by atoms with Crippen LogP contribution >= 0.6 is 0 Å². The highest BCUT2D eigenvalue weighted by Crippen LogP contribution is 2.27. The molecule has 32 heavy (non-hydrogen) atoms. The highest BCUT2D eigenvalue weighted by atomic mass is 32.2. The Hall–Kier alpha value is -4.03. The lowest BCUT2D eigenvalue weighted by molar-refractivity contribution is 0.103. The van der Waals surface area contributed by atoms with Crippen LogP contribution < -0.4 is 4.31 Å². The predicted molar refractivity (Wildman–Crippen MR) is 122 cm³/mol. The normalized spacial score (nSPS) is 11.2. The summed E-state index contributed by atoms with van der Waals surface area (Å²) in [6.07, 6.45) is 9.99. The number of sulfonamides is 1. The van der Waals surface area contributed by atoms with Gasteiger partial charge in [-0.15, -0.1) is 6.42 Å². The number of terminal acetylenes is 1. The van der Waals surface area contributed by atoms with Crippen molar-refractivity contribution in [3.8, 4) is 23.6 Å². The molecule has 0 aliphatic carbocycles. The lowest BCUT2D eigenvalue weighted by atomic mass is 10.1. The van der Waals surface area contributed by atoms with Crippen molar-refractivity contribution >= 4 is 27.1 Å². The maximum absolute atomic E-state index is 12.9. The van der Waals surface area contributed by atoms with Gasteiger partial charge in [-0.2, -0.15) is 5.10 Å².